The monoisotopic (exact) mass is 414 g/mol. The number of rotatable bonds is 8. The third-order valence-electron chi connectivity index (χ3n) is 6.05. The number of halogens is 1. The van der Waals surface area contributed by atoms with Crippen LogP contribution in [-0.2, 0) is 22.6 Å². The van der Waals surface area contributed by atoms with Gasteiger partial charge in [-0.25, -0.2) is 0 Å². The smallest absolute Gasteiger partial charge is 0.246 e. The van der Waals surface area contributed by atoms with Gasteiger partial charge < -0.3 is 15.0 Å². The van der Waals surface area contributed by atoms with Crippen molar-refractivity contribution < 1.29 is 9.53 Å². The Morgan fingerprint density at radius 3 is 2.41 bits per heavy atom. The van der Waals surface area contributed by atoms with E-state index in [4.69, 9.17) is 16.3 Å². The number of hydrogen-bond acceptors (Lipinski definition) is 3. The molecule has 156 valence electrons. The highest BCUT2D eigenvalue weighted by Gasteiger charge is 2.38. The summed E-state index contributed by atoms with van der Waals surface area (Å²) in [7, 11) is 4.29. The lowest BCUT2D eigenvalue weighted by Gasteiger charge is -2.45. The minimum absolute atomic E-state index is 0.0330. The van der Waals surface area contributed by atoms with Crippen molar-refractivity contribution in [1.29, 1.82) is 0 Å². The van der Waals surface area contributed by atoms with Crippen LogP contribution in [0.2, 0.25) is 5.02 Å². The van der Waals surface area contributed by atoms with Gasteiger partial charge in [0.05, 0.1) is 6.61 Å². The third-order valence-corrected chi connectivity index (χ3v) is 6.42. The maximum atomic E-state index is 12.3. The van der Waals surface area contributed by atoms with E-state index in [1.807, 2.05) is 48.5 Å². The lowest BCUT2D eigenvalue weighted by atomic mass is 9.75. The van der Waals surface area contributed by atoms with E-state index in [9.17, 15) is 4.79 Å². The molecule has 3 rings (SSSR count). The van der Waals surface area contributed by atoms with Crippen LogP contribution in [0.5, 0.6) is 0 Å². The number of ether oxygens (including phenoxy) is 1. The quantitative estimate of drug-likeness (QED) is 0.693. The van der Waals surface area contributed by atoms with Crippen LogP contribution < -0.4 is 5.32 Å². The van der Waals surface area contributed by atoms with Gasteiger partial charge in [0, 0.05) is 16.6 Å². The Balaban J connectivity index is 1.47. The molecule has 2 aromatic carbocycles. The van der Waals surface area contributed by atoms with E-state index in [1.165, 1.54) is 5.56 Å². The first kappa shape index (κ1) is 21.8. The molecule has 1 amide bonds. The Morgan fingerprint density at radius 2 is 1.76 bits per heavy atom. The molecule has 2 aromatic rings. The third kappa shape index (κ3) is 6.05. The Kier molecular flexibility index (Phi) is 7.70. The van der Waals surface area contributed by atoms with Crippen molar-refractivity contribution in [2.24, 2.45) is 0 Å². The molecule has 0 spiro atoms. The van der Waals surface area contributed by atoms with E-state index in [2.05, 4.69) is 30.4 Å². The van der Waals surface area contributed by atoms with Crippen molar-refractivity contribution in [2.45, 2.75) is 50.3 Å². The summed E-state index contributed by atoms with van der Waals surface area (Å²) in [6.45, 7) is 0.560. The van der Waals surface area contributed by atoms with Crippen LogP contribution >= 0.6 is 11.6 Å². The highest BCUT2D eigenvalue weighted by atomic mass is 35.5. The maximum absolute atomic E-state index is 12.3. The number of benzene rings is 2. The fourth-order valence-corrected chi connectivity index (χ4v) is 4.39. The number of hydrogen-bond donors (Lipinski definition) is 1. The van der Waals surface area contributed by atoms with E-state index in [0.29, 0.717) is 6.61 Å². The molecule has 0 atom stereocenters. The highest BCUT2D eigenvalue weighted by Crippen LogP contribution is 2.36. The average Bonchev–Trinajstić information content (AvgIpc) is 2.72. The number of carbonyl (C=O) groups is 1. The van der Waals surface area contributed by atoms with Crippen LogP contribution in [-0.4, -0.2) is 43.1 Å². The normalized spacial score (nSPS) is 21.9. The molecular formula is C24H31ClN2O2. The minimum atomic E-state index is -0.0330. The van der Waals surface area contributed by atoms with Gasteiger partial charge in [-0.1, -0.05) is 60.1 Å². The number of likely N-dealkylation sites (N-methyl/N-ethyl adjacent to an activating group) is 1. The fourth-order valence-electron chi connectivity index (χ4n) is 4.18. The highest BCUT2D eigenvalue weighted by molar-refractivity contribution is 6.31. The van der Waals surface area contributed by atoms with Crippen LogP contribution in [0.4, 0.5) is 0 Å². The topological polar surface area (TPSA) is 41.6 Å². The molecule has 4 nitrogen and oxygen atoms in total. The number of amides is 1. The summed E-state index contributed by atoms with van der Waals surface area (Å²) >= 11 is 6.41. The molecule has 5 heteroatoms. The van der Waals surface area contributed by atoms with E-state index in [1.54, 1.807) is 0 Å². The van der Waals surface area contributed by atoms with Gasteiger partial charge in [-0.2, -0.15) is 0 Å². The zero-order valence-corrected chi connectivity index (χ0v) is 18.1. The lowest BCUT2D eigenvalue weighted by molar-refractivity contribution is -0.127. The van der Waals surface area contributed by atoms with Crippen LogP contribution in [0.3, 0.4) is 0 Å². The van der Waals surface area contributed by atoms with Crippen LogP contribution in [0.15, 0.2) is 54.6 Å². The molecule has 29 heavy (non-hydrogen) atoms. The molecule has 0 bridgehead atoms. The Hall–Kier alpha value is -1.88. The first-order valence-electron chi connectivity index (χ1n) is 10.3. The first-order valence-corrected chi connectivity index (χ1v) is 10.7. The van der Waals surface area contributed by atoms with Crippen molar-refractivity contribution in [3.8, 4) is 0 Å². The van der Waals surface area contributed by atoms with Crippen LogP contribution in [0.1, 0.15) is 36.8 Å². The van der Waals surface area contributed by atoms with Gasteiger partial charge in [0.2, 0.25) is 5.91 Å². The molecule has 0 aliphatic heterocycles. The summed E-state index contributed by atoms with van der Waals surface area (Å²) in [5.41, 5.74) is 2.35. The Morgan fingerprint density at radius 1 is 1.10 bits per heavy atom. The molecule has 1 fully saturated rings. The van der Waals surface area contributed by atoms with Gasteiger partial charge in [-0.05, 0) is 63.4 Å². The molecule has 0 aromatic heterocycles. The van der Waals surface area contributed by atoms with E-state index < -0.39 is 0 Å². The summed E-state index contributed by atoms with van der Waals surface area (Å²) in [4.78, 5) is 14.6. The molecule has 0 saturated heterocycles. The minimum Gasteiger partial charge on any atom is -0.367 e. The lowest BCUT2D eigenvalue weighted by Crippen LogP contribution is -2.52. The second kappa shape index (κ2) is 10.2. The average molecular weight is 415 g/mol. The number of nitrogens with zero attached hydrogens (tertiary/aromatic N) is 1. The second-order valence-electron chi connectivity index (χ2n) is 8.21. The van der Waals surface area contributed by atoms with Gasteiger partial charge in [-0.3, -0.25) is 4.79 Å². The Bertz CT molecular complexity index is 786. The largest absolute Gasteiger partial charge is 0.367 e. The van der Waals surface area contributed by atoms with Crippen molar-refractivity contribution >= 4 is 17.5 Å². The molecule has 0 radical (unpaired) electrons. The van der Waals surface area contributed by atoms with Gasteiger partial charge in [-0.15, -0.1) is 0 Å². The summed E-state index contributed by atoms with van der Waals surface area (Å²) in [6, 6.07) is 18.2. The van der Waals surface area contributed by atoms with Gasteiger partial charge in [0.25, 0.3) is 0 Å². The predicted octanol–water partition coefficient (Wildman–Crippen LogP) is 4.46. The van der Waals surface area contributed by atoms with Crippen molar-refractivity contribution in [1.82, 2.24) is 10.2 Å². The van der Waals surface area contributed by atoms with E-state index >= 15 is 0 Å². The van der Waals surface area contributed by atoms with Crippen molar-refractivity contribution in [2.75, 3.05) is 20.7 Å². The zero-order chi connectivity index (χ0) is 20.7. The Labute approximate surface area is 179 Å². The molecular weight excluding hydrogens is 384 g/mol. The summed E-state index contributed by atoms with van der Waals surface area (Å²) < 4.78 is 5.56. The molecule has 1 aliphatic carbocycles. The predicted molar refractivity (Wildman–Crippen MR) is 118 cm³/mol. The van der Waals surface area contributed by atoms with Crippen molar-refractivity contribution in [3.05, 3.63) is 70.7 Å². The summed E-state index contributed by atoms with van der Waals surface area (Å²) in [5, 5.41) is 3.98. The summed E-state index contributed by atoms with van der Waals surface area (Å²) in [6.07, 6.45) is 4.92. The fraction of sp³-hybridized carbons (Fsp3) is 0.458. The number of carbonyl (C=O) groups excluding carboxylic acids is 1. The van der Waals surface area contributed by atoms with E-state index in [0.717, 1.165) is 42.7 Å². The molecule has 1 N–H and O–H groups in total. The second-order valence-corrected chi connectivity index (χ2v) is 8.61. The zero-order valence-electron chi connectivity index (χ0n) is 17.4. The number of nitrogens with one attached hydrogen (secondary N) is 1. The molecule has 0 heterocycles. The standard InChI is InChI=1S/C24H31ClN2O2/c1-27(2)24(16-20-10-6-7-11-22(20)25)14-12-21(13-15-24)26-23(28)18-29-17-19-8-4-3-5-9-19/h3-11,21H,12-18H2,1-2H3,(H,26,28). The molecule has 0 unspecified atom stereocenters. The van der Waals surface area contributed by atoms with Crippen LogP contribution in [0.25, 0.3) is 0 Å². The summed E-state index contributed by atoms with van der Waals surface area (Å²) in [5.74, 6) is -0.0330. The molecule has 1 aliphatic rings. The van der Waals surface area contributed by atoms with Gasteiger partial charge in [0.15, 0.2) is 0 Å². The van der Waals surface area contributed by atoms with E-state index in [-0.39, 0.29) is 24.1 Å². The van der Waals surface area contributed by atoms with Crippen molar-refractivity contribution in [3.63, 3.8) is 0 Å². The molecule has 1 saturated carbocycles. The SMILES string of the molecule is CN(C)C1(Cc2ccccc2Cl)CCC(NC(=O)COCc2ccccc2)CC1. The van der Waals surface area contributed by atoms with Gasteiger partial charge >= 0.3 is 0 Å². The van der Waals surface area contributed by atoms with Crippen LogP contribution in [0, 0.1) is 0 Å². The maximum Gasteiger partial charge on any atom is 0.246 e. The first-order chi connectivity index (χ1) is 14.0. The van der Waals surface area contributed by atoms with Gasteiger partial charge in [0.1, 0.15) is 6.61 Å².